The van der Waals surface area contributed by atoms with Gasteiger partial charge in [0.25, 0.3) is 0 Å². The maximum atomic E-state index is 12.9. The Balaban J connectivity index is 0.00000220. The monoisotopic (exact) mass is 342 g/mol. The lowest BCUT2D eigenvalue weighted by molar-refractivity contribution is -0.148. The summed E-state index contributed by atoms with van der Waals surface area (Å²) in [4.78, 5) is 1.87. The van der Waals surface area contributed by atoms with Crippen molar-refractivity contribution in [1.29, 1.82) is 0 Å². The topological polar surface area (TPSA) is 15.3 Å². The molecule has 1 aliphatic heterocycles. The lowest BCUT2D eigenvalue weighted by atomic mass is 9.96. The van der Waals surface area contributed by atoms with Gasteiger partial charge in [-0.05, 0) is 24.1 Å². The fraction of sp³-hybridized carbons (Fsp3) is 0.571. The summed E-state index contributed by atoms with van der Waals surface area (Å²) >= 11 is 6.16. The second kappa shape index (κ2) is 7.68. The molecular formula is C14H19Cl2F3N2. The van der Waals surface area contributed by atoms with Crippen molar-refractivity contribution < 1.29 is 13.2 Å². The number of nitrogens with zero attached hydrogens (tertiary/aromatic N) is 1. The van der Waals surface area contributed by atoms with Gasteiger partial charge < -0.3 is 5.32 Å². The molecule has 0 spiro atoms. The minimum absolute atomic E-state index is 0. The molecule has 0 radical (unpaired) electrons. The first-order chi connectivity index (χ1) is 9.38. The minimum Gasteiger partial charge on any atom is -0.314 e. The van der Waals surface area contributed by atoms with Gasteiger partial charge in [-0.3, -0.25) is 4.90 Å². The average molecular weight is 343 g/mol. The van der Waals surface area contributed by atoms with E-state index >= 15 is 0 Å². The van der Waals surface area contributed by atoms with Crippen molar-refractivity contribution in [2.45, 2.75) is 25.6 Å². The number of nitrogens with one attached hydrogen (secondary N) is 1. The molecule has 21 heavy (non-hydrogen) atoms. The van der Waals surface area contributed by atoms with Gasteiger partial charge in [0.05, 0.1) is 6.42 Å². The maximum absolute atomic E-state index is 12.9. The van der Waals surface area contributed by atoms with Crippen LogP contribution in [0.1, 0.15) is 23.6 Å². The Labute approximate surface area is 134 Å². The molecule has 1 atom stereocenters. The highest BCUT2D eigenvalue weighted by molar-refractivity contribution is 6.31. The number of halogens is 5. The molecular weight excluding hydrogens is 324 g/mol. The minimum atomic E-state index is -4.21. The van der Waals surface area contributed by atoms with Gasteiger partial charge in [-0.15, -0.1) is 12.4 Å². The normalized spacial score (nSPS) is 18.1. The van der Waals surface area contributed by atoms with Crippen LogP contribution in [0.5, 0.6) is 0 Å². The third-order valence-electron chi connectivity index (χ3n) is 3.62. The van der Waals surface area contributed by atoms with E-state index in [1.54, 1.807) is 12.1 Å². The van der Waals surface area contributed by atoms with Crippen molar-refractivity contribution in [1.82, 2.24) is 10.2 Å². The standard InChI is InChI=1S/C14H18ClF3N2.ClH/c1-10-3-2-4-11(15)13(10)12(9-14(16,17)18)20-7-5-19-6-8-20;/h2-4,12,19H,5-9H2,1H3;1H/t12-;/m0./s1. The van der Waals surface area contributed by atoms with E-state index in [2.05, 4.69) is 5.32 Å². The lowest BCUT2D eigenvalue weighted by Gasteiger charge is -2.36. The van der Waals surface area contributed by atoms with Crippen LogP contribution in [0.2, 0.25) is 5.02 Å². The summed E-state index contributed by atoms with van der Waals surface area (Å²) in [7, 11) is 0. The molecule has 1 aromatic rings. The third kappa shape index (κ3) is 5.02. The molecule has 1 saturated heterocycles. The molecule has 1 heterocycles. The number of piperazine rings is 1. The van der Waals surface area contributed by atoms with Crippen LogP contribution in [0.25, 0.3) is 0 Å². The Bertz CT molecular complexity index is 440. The summed E-state index contributed by atoms with van der Waals surface area (Å²) in [6, 6.07) is 4.54. The van der Waals surface area contributed by atoms with Crippen LogP contribution in [0, 0.1) is 6.92 Å². The van der Waals surface area contributed by atoms with Gasteiger partial charge in [-0.1, -0.05) is 23.7 Å². The van der Waals surface area contributed by atoms with Gasteiger partial charge in [0.2, 0.25) is 0 Å². The molecule has 1 N–H and O–H groups in total. The summed E-state index contributed by atoms with van der Waals surface area (Å²) in [6.45, 7) is 4.43. The zero-order valence-corrected chi connectivity index (χ0v) is 13.3. The molecule has 0 saturated carbocycles. The van der Waals surface area contributed by atoms with Gasteiger partial charge in [0.1, 0.15) is 0 Å². The number of benzene rings is 1. The van der Waals surface area contributed by atoms with E-state index in [1.165, 1.54) is 0 Å². The van der Waals surface area contributed by atoms with Gasteiger partial charge in [-0.2, -0.15) is 13.2 Å². The molecule has 0 unspecified atom stereocenters. The van der Waals surface area contributed by atoms with Crippen molar-refractivity contribution in [2.75, 3.05) is 26.2 Å². The molecule has 1 aliphatic rings. The molecule has 2 nitrogen and oxygen atoms in total. The van der Waals surface area contributed by atoms with Gasteiger partial charge in [0, 0.05) is 37.2 Å². The Morgan fingerprint density at radius 1 is 1.29 bits per heavy atom. The molecule has 2 rings (SSSR count). The van der Waals surface area contributed by atoms with Crippen molar-refractivity contribution >= 4 is 24.0 Å². The van der Waals surface area contributed by atoms with E-state index in [0.29, 0.717) is 36.8 Å². The Morgan fingerprint density at radius 3 is 2.43 bits per heavy atom. The van der Waals surface area contributed by atoms with Crippen LogP contribution in [0.3, 0.4) is 0 Å². The van der Waals surface area contributed by atoms with E-state index in [0.717, 1.165) is 5.56 Å². The van der Waals surface area contributed by atoms with Crippen molar-refractivity contribution in [3.63, 3.8) is 0 Å². The summed E-state index contributed by atoms with van der Waals surface area (Å²) in [5.41, 5.74) is 1.42. The largest absolute Gasteiger partial charge is 0.390 e. The Hall–Kier alpha value is -0.490. The van der Waals surface area contributed by atoms with Gasteiger partial charge in [-0.25, -0.2) is 0 Å². The smallest absolute Gasteiger partial charge is 0.314 e. The zero-order valence-electron chi connectivity index (χ0n) is 11.7. The first kappa shape index (κ1) is 18.6. The molecule has 7 heteroatoms. The predicted molar refractivity (Wildman–Crippen MR) is 81.3 cm³/mol. The highest BCUT2D eigenvalue weighted by Gasteiger charge is 2.37. The van der Waals surface area contributed by atoms with Crippen molar-refractivity contribution in [3.8, 4) is 0 Å². The average Bonchev–Trinajstić information content (AvgIpc) is 2.37. The van der Waals surface area contributed by atoms with Crippen LogP contribution < -0.4 is 5.32 Å². The van der Waals surface area contributed by atoms with Gasteiger partial charge >= 0.3 is 6.18 Å². The van der Waals surface area contributed by atoms with E-state index < -0.39 is 18.6 Å². The van der Waals surface area contributed by atoms with E-state index in [1.807, 2.05) is 17.9 Å². The Morgan fingerprint density at radius 2 is 1.90 bits per heavy atom. The second-order valence-electron chi connectivity index (χ2n) is 5.09. The molecule has 1 fully saturated rings. The predicted octanol–water partition coefficient (Wildman–Crippen LogP) is 3.97. The van der Waals surface area contributed by atoms with Crippen LogP contribution in [0.4, 0.5) is 13.2 Å². The van der Waals surface area contributed by atoms with Crippen molar-refractivity contribution in [3.05, 3.63) is 34.3 Å². The summed E-state index contributed by atoms with van der Waals surface area (Å²) in [6.07, 6.45) is -5.07. The van der Waals surface area contributed by atoms with E-state index in [9.17, 15) is 13.2 Å². The first-order valence-electron chi connectivity index (χ1n) is 6.65. The maximum Gasteiger partial charge on any atom is 0.390 e. The fourth-order valence-electron chi connectivity index (χ4n) is 2.69. The van der Waals surface area contributed by atoms with Crippen molar-refractivity contribution in [2.24, 2.45) is 0 Å². The van der Waals surface area contributed by atoms with Crippen LogP contribution in [0.15, 0.2) is 18.2 Å². The molecule has 0 amide bonds. The fourth-order valence-corrected chi connectivity index (χ4v) is 3.04. The molecule has 0 bridgehead atoms. The number of rotatable bonds is 3. The van der Waals surface area contributed by atoms with Gasteiger partial charge in [0.15, 0.2) is 0 Å². The van der Waals surface area contributed by atoms with Crippen LogP contribution >= 0.6 is 24.0 Å². The molecule has 120 valence electrons. The van der Waals surface area contributed by atoms with E-state index in [4.69, 9.17) is 11.6 Å². The number of aryl methyl sites for hydroxylation is 1. The number of hydrogen-bond donors (Lipinski definition) is 1. The molecule has 0 aliphatic carbocycles. The zero-order chi connectivity index (χ0) is 14.8. The van der Waals surface area contributed by atoms with E-state index in [-0.39, 0.29) is 12.4 Å². The summed E-state index contributed by atoms with van der Waals surface area (Å²) < 4.78 is 38.8. The quantitative estimate of drug-likeness (QED) is 0.894. The summed E-state index contributed by atoms with van der Waals surface area (Å²) in [5.74, 6) is 0. The Kier molecular flexibility index (Phi) is 6.78. The SMILES string of the molecule is Cc1cccc(Cl)c1[C@H](CC(F)(F)F)N1CCNCC1.Cl. The number of alkyl halides is 3. The first-order valence-corrected chi connectivity index (χ1v) is 7.03. The van der Waals surface area contributed by atoms with Crippen LogP contribution in [-0.2, 0) is 0 Å². The highest BCUT2D eigenvalue weighted by atomic mass is 35.5. The summed E-state index contributed by atoms with van der Waals surface area (Å²) in [5, 5.41) is 3.57. The van der Waals surface area contributed by atoms with Crippen LogP contribution in [-0.4, -0.2) is 37.3 Å². The second-order valence-corrected chi connectivity index (χ2v) is 5.50. The number of hydrogen-bond acceptors (Lipinski definition) is 2. The third-order valence-corrected chi connectivity index (χ3v) is 3.95. The highest BCUT2D eigenvalue weighted by Crippen LogP contribution is 2.38. The molecule has 1 aromatic carbocycles. The molecule has 0 aromatic heterocycles. The lowest BCUT2D eigenvalue weighted by Crippen LogP contribution is -2.46.